The lowest BCUT2D eigenvalue weighted by molar-refractivity contribution is -0.139. The zero-order valence-corrected chi connectivity index (χ0v) is 22.9. The smallest absolute Gasteiger partial charge is 0.244 e. The van der Waals surface area contributed by atoms with E-state index < -0.39 is 28.5 Å². The van der Waals surface area contributed by atoms with E-state index >= 15 is 0 Å². The molecule has 1 N–H and O–H groups in total. The minimum atomic E-state index is -3.79. The zero-order valence-electron chi connectivity index (χ0n) is 21.3. The third-order valence-corrected chi connectivity index (χ3v) is 7.47. The predicted molar refractivity (Wildman–Crippen MR) is 142 cm³/mol. The third-order valence-electron chi connectivity index (χ3n) is 5.97. The number of amides is 2. The summed E-state index contributed by atoms with van der Waals surface area (Å²) in [5.41, 5.74) is 1.93. The quantitative estimate of drug-likeness (QED) is 0.469. The predicted octanol–water partition coefficient (Wildman–Crippen LogP) is 4.56. The summed E-state index contributed by atoms with van der Waals surface area (Å²) in [6, 6.07) is 13.3. The van der Waals surface area contributed by atoms with Crippen LogP contribution in [0.3, 0.4) is 0 Å². The molecule has 0 heterocycles. The van der Waals surface area contributed by atoms with Crippen molar-refractivity contribution in [2.75, 3.05) is 17.1 Å². The van der Waals surface area contributed by atoms with Crippen LogP contribution in [0.4, 0.5) is 5.69 Å². The Morgan fingerprint density at radius 1 is 1.00 bits per heavy atom. The number of carbonyl (C=O) groups excluding carboxylic acids is 2. The lowest BCUT2D eigenvalue weighted by Crippen LogP contribution is -2.52. The van der Waals surface area contributed by atoms with Crippen LogP contribution in [-0.4, -0.2) is 50.0 Å². The molecule has 192 valence electrons. The lowest BCUT2D eigenvalue weighted by atomic mass is 10.0. The molecule has 0 unspecified atom stereocenters. The van der Waals surface area contributed by atoms with Crippen molar-refractivity contribution in [3.8, 4) is 0 Å². The van der Waals surface area contributed by atoms with Gasteiger partial charge in [-0.3, -0.25) is 13.9 Å². The summed E-state index contributed by atoms with van der Waals surface area (Å²) in [5.74, 6) is -0.765. The minimum Gasteiger partial charge on any atom is -0.352 e. The van der Waals surface area contributed by atoms with Crippen molar-refractivity contribution in [1.82, 2.24) is 10.2 Å². The molecular weight excluding hydrogens is 486 g/mol. The van der Waals surface area contributed by atoms with Crippen LogP contribution in [0.2, 0.25) is 5.02 Å². The summed E-state index contributed by atoms with van der Waals surface area (Å²) in [7, 11) is -3.79. The molecule has 2 aromatic carbocycles. The van der Waals surface area contributed by atoms with Crippen LogP contribution < -0.4 is 9.62 Å². The molecule has 2 amide bonds. The van der Waals surface area contributed by atoms with Crippen molar-refractivity contribution in [3.05, 3.63) is 64.7 Å². The average molecular weight is 522 g/mol. The molecule has 0 saturated carbocycles. The summed E-state index contributed by atoms with van der Waals surface area (Å²) in [5, 5.41) is 3.37. The van der Waals surface area contributed by atoms with Gasteiger partial charge in [0.25, 0.3) is 0 Å². The number of sulfonamides is 1. The van der Waals surface area contributed by atoms with Crippen LogP contribution in [0.25, 0.3) is 0 Å². The Morgan fingerprint density at radius 3 is 2.17 bits per heavy atom. The van der Waals surface area contributed by atoms with Gasteiger partial charge in [0.1, 0.15) is 12.6 Å². The van der Waals surface area contributed by atoms with E-state index in [1.807, 2.05) is 39.8 Å². The normalized spacial score (nSPS) is 13.3. The lowest BCUT2D eigenvalue weighted by Gasteiger charge is -2.33. The molecule has 7 nitrogen and oxygen atoms in total. The van der Waals surface area contributed by atoms with Crippen molar-refractivity contribution in [2.45, 2.75) is 65.6 Å². The molecule has 0 fully saturated rings. The monoisotopic (exact) mass is 521 g/mol. The SMILES string of the molecule is CC[C@H](C)NC(=O)[C@H](C)N(Cc1ccccc1Cl)C(=O)CN(c1ccccc1C(C)C)S(C)(=O)=O. The first-order valence-corrected chi connectivity index (χ1v) is 14.0. The summed E-state index contributed by atoms with van der Waals surface area (Å²) < 4.78 is 26.8. The Kier molecular flexibility index (Phi) is 10.2. The number of hydrogen-bond acceptors (Lipinski definition) is 4. The van der Waals surface area contributed by atoms with Gasteiger partial charge in [-0.1, -0.05) is 68.8 Å². The van der Waals surface area contributed by atoms with Gasteiger partial charge in [0.05, 0.1) is 11.9 Å². The maximum absolute atomic E-state index is 13.7. The van der Waals surface area contributed by atoms with Gasteiger partial charge in [-0.15, -0.1) is 0 Å². The van der Waals surface area contributed by atoms with E-state index in [-0.39, 0.29) is 24.4 Å². The second-order valence-electron chi connectivity index (χ2n) is 9.09. The molecule has 2 atom stereocenters. The summed E-state index contributed by atoms with van der Waals surface area (Å²) in [6.45, 7) is 9.04. The van der Waals surface area contributed by atoms with Crippen LogP contribution >= 0.6 is 11.6 Å². The van der Waals surface area contributed by atoms with Crippen molar-refractivity contribution >= 4 is 39.1 Å². The maximum Gasteiger partial charge on any atom is 0.244 e. The first-order chi connectivity index (χ1) is 16.4. The van der Waals surface area contributed by atoms with E-state index in [2.05, 4.69) is 5.32 Å². The standard InChI is InChI=1S/C26H36ClN3O4S/c1-7-19(4)28-26(32)20(5)29(16-21-12-8-10-14-23(21)27)25(31)17-30(35(6,33)34)24-15-11-9-13-22(24)18(2)3/h8-15,18-20H,7,16-17H2,1-6H3,(H,28,32)/t19-,20-/m0/s1. The van der Waals surface area contributed by atoms with Gasteiger partial charge in [-0.05, 0) is 49.4 Å². The van der Waals surface area contributed by atoms with Crippen LogP contribution in [-0.2, 0) is 26.2 Å². The number of hydrogen-bond donors (Lipinski definition) is 1. The minimum absolute atomic E-state index is 0.0463. The molecule has 0 aliphatic rings. The third kappa shape index (κ3) is 7.70. The van der Waals surface area contributed by atoms with E-state index in [1.165, 1.54) is 4.90 Å². The summed E-state index contributed by atoms with van der Waals surface area (Å²) >= 11 is 6.35. The number of anilines is 1. The first-order valence-electron chi connectivity index (χ1n) is 11.8. The molecule has 0 radical (unpaired) electrons. The van der Waals surface area contributed by atoms with Gasteiger partial charge in [0.15, 0.2) is 0 Å². The summed E-state index contributed by atoms with van der Waals surface area (Å²) in [4.78, 5) is 28.0. The molecule has 35 heavy (non-hydrogen) atoms. The van der Waals surface area contributed by atoms with Gasteiger partial charge < -0.3 is 10.2 Å². The molecule has 0 spiro atoms. The molecule has 2 aromatic rings. The number of nitrogens with zero attached hydrogens (tertiary/aromatic N) is 2. The average Bonchev–Trinajstić information content (AvgIpc) is 2.80. The Labute approximate surface area is 214 Å². The van der Waals surface area contributed by atoms with E-state index in [1.54, 1.807) is 43.3 Å². The van der Waals surface area contributed by atoms with Gasteiger partial charge in [0.2, 0.25) is 21.8 Å². The molecular formula is C26H36ClN3O4S. The topological polar surface area (TPSA) is 86.8 Å². The van der Waals surface area contributed by atoms with Crippen LogP contribution in [0.15, 0.2) is 48.5 Å². The van der Waals surface area contributed by atoms with Crippen LogP contribution in [0.1, 0.15) is 58.1 Å². The number of para-hydroxylation sites is 1. The van der Waals surface area contributed by atoms with Crippen molar-refractivity contribution < 1.29 is 18.0 Å². The first kappa shape index (κ1) is 28.7. The van der Waals surface area contributed by atoms with Gasteiger partial charge >= 0.3 is 0 Å². The van der Waals surface area contributed by atoms with Gasteiger partial charge in [-0.25, -0.2) is 8.42 Å². The number of carbonyl (C=O) groups is 2. The highest BCUT2D eigenvalue weighted by molar-refractivity contribution is 7.92. The number of benzene rings is 2. The molecule has 2 rings (SSSR count). The highest BCUT2D eigenvalue weighted by atomic mass is 35.5. The van der Waals surface area contributed by atoms with Crippen LogP contribution in [0.5, 0.6) is 0 Å². The zero-order chi connectivity index (χ0) is 26.3. The number of nitrogens with one attached hydrogen (secondary N) is 1. The number of halogens is 1. The molecule has 0 aliphatic heterocycles. The molecule has 9 heteroatoms. The van der Waals surface area contributed by atoms with E-state index in [0.29, 0.717) is 16.3 Å². The van der Waals surface area contributed by atoms with Crippen molar-refractivity contribution in [2.24, 2.45) is 0 Å². The number of rotatable bonds is 11. The molecule has 0 bridgehead atoms. The van der Waals surface area contributed by atoms with Crippen molar-refractivity contribution in [1.29, 1.82) is 0 Å². The van der Waals surface area contributed by atoms with E-state index in [4.69, 9.17) is 11.6 Å². The molecule has 0 saturated heterocycles. The summed E-state index contributed by atoms with van der Waals surface area (Å²) in [6.07, 6.45) is 1.82. The Balaban J connectivity index is 2.47. The fraction of sp³-hybridized carbons (Fsp3) is 0.462. The van der Waals surface area contributed by atoms with E-state index in [0.717, 1.165) is 22.5 Å². The molecule has 0 aliphatic carbocycles. The fourth-order valence-corrected chi connectivity index (χ4v) is 4.72. The highest BCUT2D eigenvalue weighted by Crippen LogP contribution is 2.29. The molecule has 0 aromatic heterocycles. The Morgan fingerprint density at radius 2 is 1.60 bits per heavy atom. The second kappa shape index (κ2) is 12.4. The Hall–Kier alpha value is -2.58. The highest BCUT2D eigenvalue weighted by Gasteiger charge is 2.31. The van der Waals surface area contributed by atoms with Crippen LogP contribution in [0, 0.1) is 0 Å². The van der Waals surface area contributed by atoms with Gasteiger partial charge in [0, 0.05) is 17.6 Å². The second-order valence-corrected chi connectivity index (χ2v) is 11.4. The largest absolute Gasteiger partial charge is 0.352 e. The Bertz CT molecular complexity index is 1140. The van der Waals surface area contributed by atoms with Gasteiger partial charge in [-0.2, -0.15) is 0 Å². The fourth-order valence-electron chi connectivity index (χ4n) is 3.66. The maximum atomic E-state index is 13.7. The van der Waals surface area contributed by atoms with Crippen molar-refractivity contribution in [3.63, 3.8) is 0 Å². The van der Waals surface area contributed by atoms with E-state index in [9.17, 15) is 18.0 Å².